The van der Waals surface area contributed by atoms with Gasteiger partial charge in [-0.1, -0.05) is 62.3 Å². The van der Waals surface area contributed by atoms with Crippen LogP contribution in [0.25, 0.3) is 5.57 Å². The number of allylic oxidation sites excluding steroid dienone is 4. The van der Waals surface area contributed by atoms with Crippen LogP contribution >= 0.6 is 0 Å². The van der Waals surface area contributed by atoms with Gasteiger partial charge >= 0.3 is 0 Å². The Hall–Kier alpha value is -3.14. The maximum absolute atomic E-state index is 12.6. The summed E-state index contributed by atoms with van der Waals surface area (Å²) in [6, 6.07) is 15.4. The normalized spacial score (nSPS) is 14.7. The summed E-state index contributed by atoms with van der Waals surface area (Å²) >= 11 is 0. The van der Waals surface area contributed by atoms with E-state index in [0.29, 0.717) is 23.7 Å². The van der Waals surface area contributed by atoms with Crippen molar-refractivity contribution in [2.75, 3.05) is 0 Å². The summed E-state index contributed by atoms with van der Waals surface area (Å²) < 4.78 is 0. The van der Waals surface area contributed by atoms with Crippen LogP contribution < -0.4 is 10.6 Å². The zero-order valence-electron chi connectivity index (χ0n) is 18.5. The lowest BCUT2D eigenvalue weighted by molar-refractivity contribution is 0.0935. The Morgan fingerprint density at radius 1 is 0.968 bits per heavy atom. The van der Waals surface area contributed by atoms with Crippen LogP contribution in [0.2, 0.25) is 0 Å². The molecular formula is C27H32N2O2. The summed E-state index contributed by atoms with van der Waals surface area (Å²) in [4.78, 5) is 25.1. The second-order valence-corrected chi connectivity index (χ2v) is 7.98. The van der Waals surface area contributed by atoms with Gasteiger partial charge in [-0.25, -0.2) is 0 Å². The second-order valence-electron chi connectivity index (χ2n) is 7.98. The molecular weight excluding hydrogens is 384 g/mol. The first-order valence-electron chi connectivity index (χ1n) is 11.2. The number of carbonyl (C=O) groups is 2. The van der Waals surface area contributed by atoms with E-state index in [4.69, 9.17) is 0 Å². The third-order valence-corrected chi connectivity index (χ3v) is 5.58. The molecule has 0 heterocycles. The van der Waals surface area contributed by atoms with E-state index in [2.05, 4.69) is 29.7 Å². The molecule has 1 fully saturated rings. The van der Waals surface area contributed by atoms with E-state index in [-0.39, 0.29) is 11.8 Å². The third kappa shape index (κ3) is 6.42. The SMILES string of the molecule is C/C=C\C(=C/CC)c1ccc(C(=O)NCc2cccc(C(=O)NC3CCCC3)c2)cc1. The first-order chi connectivity index (χ1) is 15.1. The Morgan fingerprint density at radius 3 is 2.35 bits per heavy atom. The monoisotopic (exact) mass is 416 g/mol. The van der Waals surface area contributed by atoms with Crippen molar-refractivity contribution in [3.05, 3.63) is 89.0 Å². The standard InChI is InChI=1S/C27H32N2O2/c1-3-8-21(9-4-2)22-14-16-23(17-15-22)26(30)28-19-20-10-7-11-24(18-20)27(31)29-25-12-5-6-13-25/h3,7-11,14-18,25H,4-6,12-13,19H2,1-2H3,(H,28,30)(H,29,31)/b8-3-,21-9+. The maximum Gasteiger partial charge on any atom is 0.251 e. The Morgan fingerprint density at radius 2 is 1.68 bits per heavy atom. The van der Waals surface area contributed by atoms with E-state index >= 15 is 0 Å². The Balaban J connectivity index is 1.59. The van der Waals surface area contributed by atoms with E-state index in [1.165, 1.54) is 12.8 Å². The number of hydrogen-bond acceptors (Lipinski definition) is 2. The van der Waals surface area contributed by atoms with Gasteiger partial charge in [-0.15, -0.1) is 0 Å². The summed E-state index contributed by atoms with van der Waals surface area (Å²) in [7, 11) is 0. The fourth-order valence-electron chi connectivity index (χ4n) is 3.94. The fraction of sp³-hybridized carbons (Fsp3) is 0.333. The molecule has 0 bridgehead atoms. The molecule has 2 N–H and O–H groups in total. The van der Waals surface area contributed by atoms with Gasteiger partial charge in [0, 0.05) is 23.7 Å². The highest BCUT2D eigenvalue weighted by Gasteiger charge is 2.18. The topological polar surface area (TPSA) is 58.2 Å². The van der Waals surface area contributed by atoms with Crippen LogP contribution in [-0.2, 0) is 6.54 Å². The highest BCUT2D eigenvalue weighted by molar-refractivity contribution is 5.95. The van der Waals surface area contributed by atoms with Crippen LogP contribution in [0.4, 0.5) is 0 Å². The molecule has 0 saturated heterocycles. The lowest BCUT2D eigenvalue weighted by Gasteiger charge is -2.13. The van der Waals surface area contributed by atoms with Crippen LogP contribution in [0.15, 0.2) is 66.8 Å². The molecule has 4 heteroatoms. The average Bonchev–Trinajstić information content (AvgIpc) is 3.30. The van der Waals surface area contributed by atoms with Gasteiger partial charge in [0.2, 0.25) is 0 Å². The molecule has 31 heavy (non-hydrogen) atoms. The highest BCUT2D eigenvalue weighted by Crippen LogP contribution is 2.19. The van der Waals surface area contributed by atoms with Gasteiger partial charge in [-0.05, 0) is 67.2 Å². The fourth-order valence-corrected chi connectivity index (χ4v) is 3.94. The lowest BCUT2D eigenvalue weighted by atomic mass is 10.0. The minimum atomic E-state index is -0.126. The van der Waals surface area contributed by atoms with E-state index in [1.54, 1.807) is 0 Å². The average molecular weight is 417 g/mol. The lowest BCUT2D eigenvalue weighted by Crippen LogP contribution is -2.32. The van der Waals surface area contributed by atoms with Crippen LogP contribution in [0, 0.1) is 0 Å². The minimum absolute atomic E-state index is 0.0345. The minimum Gasteiger partial charge on any atom is -0.349 e. The second kappa shape index (κ2) is 11.3. The number of rotatable bonds is 8. The Kier molecular flexibility index (Phi) is 8.22. The van der Waals surface area contributed by atoms with Gasteiger partial charge in [0.25, 0.3) is 11.8 Å². The van der Waals surface area contributed by atoms with Gasteiger partial charge in [0.15, 0.2) is 0 Å². The van der Waals surface area contributed by atoms with Crippen molar-refractivity contribution in [2.24, 2.45) is 0 Å². The largest absolute Gasteiger partial charge is 0.349 e. The quantitative estimate of drug-likeness (QED) is 0.546. The van der Waals surface area contributed by atoms with Crippen LogP contribution in [-0.4, -0.2) is 17.9 Å². The van der Waals surface area contributed by atoms with Gasteiger partial charge < -0.3 is 10.6 Å². The van der Waals surface area contributed by atoms with Crippen molar-refractivity contribution < 1.29 is 9.59 Å². The van der Waals surface area contributed by atoms with Gasteiger partial charge in [0.1, 0.15) is 0 Å². The highest BCUT2D eigenvalue weighted by atomic mass is 16.2. The van der Waals surface area contributed by atoms with Crippen LogP contribution in [0.1, 0.15) is 77.8 Å². The Labute approximate surface area is 185 Å². The van der Waals surface area contributed by atoms with E-state index in [0.717, 1.165) is 36.0 Å². The molecule has 0 radical (unpaired) electrons. The molecule has 1 aliphatic carbocycles. The van der Waals surface area contributed by atoms with E-state index in [9.17, 15) is 9.59 Å². The summed E-state index contributed by atoms with van der Waals surface area (Å²) in [5, 5.41) is 6.06. The van der Waals surface area contributed by atoms with Crippen molar-refractivity contribution in [3.8, 4) is 0 Å². The molecule has 1 aliphatic rings. The molecule has 0 atom stereocenters. The molecule has 0 unspecified atom stereocenters. The third-order valence-electron chi connectivity index (χ3n) is 5.58. The van der Waals surface area contributed by atoms with E-state index in [1.807, 2.05) is 61.5 Å². The number of nitrogens with one attached hydrogen (secondary N) is 2. The number of amides is 2. The van der Waals surface area contributed by atoms with Gasteiger partial charge in [-0.3, -0.25) is 9.59 Å². The first-order valence-corrected chi connectivity index (χ1v) is 11.2. The molecule has 2 amide bonds. The molecule has 0 spiro atoms. The van der Waals surface area contributed by atoms with Crippen molar-refractivity contribution in [1.82, 2.24) is 10.6 Å². The number of hydrogen-bond donors (Lipinski definition) is 2. The van der Waals surface area contributed by atoms with Crippen molar-refractivity contribution in [1.29, 1.82) is 0 Å². The molecule has 0 aromatic heterocycles. The maximum atomic E-state index is 12.6. The predicted molar refractivity (Wildman–Crippen MR) is 127 cm³/mol. The summed E-state index contributed by atoms with van der Waals surface area (Å²) in [5.74, 6) is -0.160. The van der Waals surface area contributed by atoms with Crippen molar-refractivity contribution in [3.63, 3.8) is 0 Å². The zero-order chi connectivity index (χ0) is 22.1. The van der Waals surface area contributed by atoms with Crippen LogP contribution in [0.3, 0.4) is 0 Å². The van der Waals surface area contributed by atoms with Gasteiger partial charge in [-0.2, -0.15) is 0 Å². The van der Waals surface area contributed by atoms with Crippen molar-refractivity contribution in [2.45, 2.75) is 58.5 Å². The van der Waals surface area contributed by atoms with Crippen molar-refractivity contribution >= 4 is 17.4 Å². The zero-order valence-corrected chi connectivity index (χ0v) is 18.5. The molecule has 4 nitrogen and oxygen atoms in total. The summed E-state index contributed by atoms with van der Waals surface area (Å²) in [5.41, 5.74) is 4.42. The molecule has 2 aromatic carbocycles. The first kappa shape index (κ1) is 22.5. The smallest absolute Gasteiger partial charge is 0.251 e. The summed E-state index contributed by atoms with van der Waals surface area (Å²) in [6.07, 6.45) is 11.7. The number of carbonyl (C=O) groups excluding carboxylic acids is 2. The molecule has 1 saturated carbocycles. The van der Waals surface area contributed by atoms with Crippen LogP contribution in [0.5, 0.6) is 0 Å². The van der Waals surface area contributed by atoms with Gasteiger partial charge in [0.05, 0.1) is 0 Å². The molecule has 0 aliphatic heterocycles. The summed E-state index contributed by atoms with van der Waals surface area (Å²) in [6.45, 7) is 4.49. The number of benzene rings is 2. The predicted octanol–water partition coefficient (Wildman–Crippen LogP) is 5.66. The molecule has 2 aromatic rings. The Bertz CT molecular complexity index is 951. The molecule has 3 rings (SSSR count). The molecule has 162 valence electrons. The van der Waals surface area contributed by atoms with E-state index < -0.39 is 0 Å².